The third-order valence-corrected chi connectivity index (χ3v) is 5.35. The number of carbonyl (C=O) groups is 1. The first-order valence-corrected chi connectivity index (χ1v) is 10.4. The van der Waals surface area contributed by atoms with E-state index in [2.05, 4.69) is 15.1 Å². The summed E-state index contributed by atoms with van der Waals surface area (Å²) >= 11 is 5.91. The molecule has 0 spiro atoms. The molecule has 0 bridgehead atoms. The molecule has 2 heterocycles. The number of aromatic nitrogens is 2. The lowest BCUT2D eigenvalue weighted by Gasteiger charge is -2.35. The van der Waals surface area contributed by atoms with Gasteiger partial charge < -0.3 is 14.5 Å². The molecule has 7 heteroatoms. The highest BCUT2D eigenvalue weighted by atomic mass is 35.5. The molecule has 0 N–H and O–H groups in total. The van der Waals surface area contributed by atoms with E-state index in [1.165, 1.54) is 0 Å². The van der Waals surface area contributed by atoms with Crippen molar-refractivity contribution in [2.45, 2.75) is 6.92 Å². The minimum atomic E-state index is 0.0308. The normalized spacial score (nSPS) is 13.9. The third-order valence-electron chi connectivity index (χ3n) is 5.09. The first-order chi connectivity index (χ1) is 14.6. The van der Waals surface area contributed by atoms with E-state index in [1.54, 1.807) is 24.3 Å². The number of benzene rings is 2. The quantitative estimate of drug-likeness (QED) is 0.618. The maximum atomic E-state index is 12.6. The van der Waals surface area contributed by atoms with Crippen LogP contribution in [-0.4, -0.2) is 53.8 Å². The monoisotopic (exact) mass is 422 g/mol. The van der Waals surface area contributed by atoms with Crippen LogP contribution in [0.4, 0.5) is 5.82 Å². The van der Waals surface area contributed by atoms with E-state index >= 15 is 0 Å². The molecule has 1 amide bonds. The lowest BCUT2D eigenvalue weighted by Crippen LogP contribution is -2.49. The summed E-state index contributed by atoms with van der Waals surface area (Å²) in [4.78, 5) is 16.7. The largest absolute Gasteiger partial charge is 0.494 e. The first-order valence-electron chi connectivity index (χ1n) is 10.0. The van der Waals surface area contributed by atoms with Gasteiger partial charge in [0.1, 0.15) is 5.75 Å². The van der Waals surface area contributed by atoms with Crippen LogP contribution in [0.25, 0.3) is 11.3 Å². The van der Waals surface area contributed by atoms with Crippen molar-refractivity contribution in [3.8, 4) is 17.0 Å². The molecule has 1 saturated heterocycles. The molecule has 0 saturated carbocycles. The van der Waals surface area contributed by atoms with Crippen molar-refractivity contribution in [2.75, 3.05) is 37.7 Å². The Bertz CT molecular complexity index is 983. The average Bonchev–Trinajstić information content (AvgIpc) is 2.80. The molecule has 0 atom stereocenters. The number of rotatable bonds is 5. The average molecular weight is 423 g/mol. The van der Waals surface area contributed by atoms with E-state index in [-0.39, 0.29) is 5.91 Å². The topological polar surface area (TPSA) is 58.6 Å². The van der Waals surface area contributed by atoms with Crippen LogP contribution < -0.4 is 9.64 Å². The second-order valence-electron chi connectivity index (χ2n) is 7.02. The smallest absolute Gasteiger partial charge is 0.253 e. The third kappa shape index (κ3) is 4.54. The lowest BCUT2D eigenvalue weighted by molar-refractivity contribution is 0.0746. The highest BCUT2D eigenvalue weighted by Crippen LogP contribution is 2.22. The highest BCUT2D eigenvalue weighted by molar-refractivity contribution is 6.30. The SMILES string of the molecule is CCOc1ccc(-c2ccc(N3CCN(C(=O)c4ccc(Cl)cc4)CC3)nn2)cc1. The van der Waals surface area contributed by atoms with Crippen molar-refractivity contribution in [3.63, 3.8) is 0 Å². The summed E-state index contributed by atoms with van der Waals surface area (Å²) in [6.07, 6.45) is 0. The summed E-state index contributed by atoms with van der Waals surface area (Å²) in [7, 11) is 0. The van der Waals surface area contributed by atoms with Crippen molar-refractivity contribution < 1.29 is 9.53 Å². The van der Waals surface area contributed by atoms with Gasteiger partial charge in [-0.1, -0.05) is 11.6 Å². The van der Waals surface area contributed by atoms with Gasteiger partial charge in [0.2, 0.25) is 0 Å². The van der Waals surface area contributed by atoms with Gasteiger partial charge in [0, 0.05) is 42.3 Å². The molecular weight excluding hydrogens is 400 g/mol. The fourth-order valence-corrected chi connectivity index (χ4v) is 3.58. The van der Waals surface area contributed by atoms with Crippen LogP contribution in [-0.2, 0) is 0 Å². The molecule has 0 radical (unpaired) electrons. The van der Waals surface area contributed by atoms with Crippen LogP contribution in [0, 0.1) is 0 Å². The number of piperazine rings is 1. The summed E-state index contributed by atoms with van der Waals surface area (Å²) in [5.74, 6) is 1.70. The summed E-state index contributed by atoms with van der Waals surface area (Å²) in [6.45, 7) is 5.33. The number of hydrogen-bond acceptors (Lipinski definition) is 5. The maximum absolute atomic E-state index is 12.6. The summed E-state index contributed by atoms with van der Waals surface area (Å²) in [6, 6.07) is 18.8. The van der Waals surface area contributed by atoms with E-state index in [1.807, 2.05) is 48.2 Å². The minimum absolute atomic E-state index is 0.0308. The molecule has 0 aliphatic carbocycles. The van der Waals surface area contributed by atoms with Crippen LogP contribution in [0.3, 0.4) is 0 Å². The van der Waals surface area contributed by atoms with E-state index < -0.39 is 0 Å². The van der Waals surface area contributed by atoms with Gasteiger partial charge in [0.05, 0.1) is 12.3 Å². The number of hydrogen-bond donors (Lipinski definition) is 0. The van der Waals surface area contributed by atoms with Crippen molar-refractivity contribution in [3.05, 3.63) is 71.2 Å². The Kier molecular flexibility index (Phi) is 6.14. The van der Waals surface area contributed by atoms with Gasteiger partial charge in [0.25, 0.3) is 5.91 Å². The number of carbonyl (C=O) groups excluding carboxylic acids is 1. The Morgan fingerprint density at radius 3 is 2.23 bits per heavy atom. The molecule has 3 aromatic rings. The van der Waals surface area contributed by atoms with Gasteiger partial charge in [-0.15, -0.1) is 10.2 Å². The Morgan fingerprint density at radius 2 is 1.63 bits per heavy atom. The molecule has 2 aromatic carbocycles. The van der Waals surface area contributed by atoms with Crippen LogP contribution in [0.2, 0.25) is 5.02 Å². The molecule has 1 aromatic heterocycles. The predicted octanol–water partition coefficient (Wildman–Crippen LogP) is 4.16. The van der Waals surface area contributed by atoms with Crippen LogP contribution in [0.5, 0.6) is 5.75 Å². The van der Waals surface area contributed by atoms with Gasteiger partial charge >= 0.3 is 0 Å². The van der Waals surface area contributed by atoms with E-state index in [0.717, 1.165) is 35.9 Å². The van der Waals surface area contributed by atoms with Gasteiger partial charge in [-0.05, 0) is 67.6 Å². The summed E-state index contributed by atoms with van der Waals surface area (Å²) in [5.41, 5.74) is 2.47. The molecule has 30 heavy (non-hydrogen) atoms. The summed E-state index contributed by atoms with van der Waals surface area (Å²) in [5, 5.41) is 9.41. The zero-order valence-electron chi connectivity index (χ0n) is 16.8. The molecule has 1 fully saturated rings. The lowest BCUT2D eigenvalue weighted by atomic mass is 10.1. The Labute approximate surface area is 181 Å². The molecule has 154 valence electrons. The van der Waals surface area contributed by atoms with Crippen LogP contribution in [0.1, 0.15) is 17.3 Å². The number of nitrogens with zero attached hydrogens (tertiary/aromatic N) is 4. The second kappa shape index (κ2) is 9.13. The number of amides is 1. The Morgan fingerprint density at radius 1 is 0.933 bits per heavy atom. The van der Waals surface area contributed by atoms with Crippen molar-refractivity contribution in [1.82, 2.24) is 15.1 Å². The zero-order chi connectivity index (χ0) is 20.9. The number of ether oxygens (including phenoxy) is 1. The second-order valence-corrected chi connectivity index (χ2v) is 7.46. The number of halogens is 1. The van der Waals surface area contributed by atoms with Crippen molar-refractivity contribution in [1.29, 1.82) is 0 Å². The van der Waals surface area contributed by atoms with Gasteiger partial charge in [0.15, 0.2) is 5.82 Å². The molecule has 4 rings (SSSR count). The van der Waals surface area contributed by atoms with Crippen molar-refractivity contribution in [2.24, 2.45) is 0 Å². The molecule has 0 unspecified atom stereocenters. The standard InChI is InChI=1S/C23H23ClN4O2/c1-2-30-20-9-5-17(6-10-20)21-11-12-22(26-25-21)27-13-15-28(16-14-27)23(29)18-3-7-19(24)8-4-18/h3-12H,2,13-16H2,1H3. The van der Waals surface area contributed by atoms with Crippen LogP contribution in [0.15, 0.2) is 60.7 Å². The predicted molar refractivity (Wildman–Crippen MR) is 118 cm³/mol. The molecular formula is C23H23ClN4O2. The van der Waals surface area contributed by atoms with E-state index in [0.29, 0.717) is 30.3 Å². The molecule has 6 nitrogen and oxygen atoms in total. The van der Waals surface area contributed by atoms with Gasteiger partial charge in [-0.25, -0.2) is 0 Å². The first kappa shape index (κ1) is 20.2. The fourth-order valence-electron chi connectivity index (χ4n) is 3.45. The Hall–Kier alpha value is -3.12. The van der Waals surface area contributed by atoms with Gasteiger partial charge in [-0.2, -0.15) is 0 Å². The van der Waals surface area contributed by atoms with E-state index in [9.17, 15) is 4.79 Å². The highest BCUT2D eigenvalue weighted by Gasteiger charge is 2.23. The maximum Gasteiger partial charge on any atom is 0.253 e. The summed E-state index contributed by atoms with van der Waals surface area (Å²) < 4.78 is 5.48. The molecule has 1 aliphatic rings. The van der Waals surface area contributed by atoms with Crippen LogP contribution >= 0.6 is 11.6 Å². The minimum Gasteiger partial charge on any atom is -0.494 e. The fraction of sp³-hybridized carbons (Fsp3) is 0.261. The zero-order valence-corrected chi connectivity index (χ0v) is 17.5. The van der Waals surface area contributed by atoms with E-state index in [4.69, 9.17) is 16.3 Å². The van der Waals surface area contributed by atoms with Gasteiger partial charge in [-0.3, -0.25) is 4.79 Å². The number of anilines is 1. The molecule has 1 aliphatic heterocycles. The Balaban J connectivity index is 1.36. The van der Waals surface area contributed by atoms with Crippen molar-refractivity contribution >= 4 is 23.3 Å².